The van der Waals surface area contributed by atoms with E-state index in [4.69, 9.17) is 4.74 Å². The zero-order valence-electron chi connectivity index (χ0n) is 11.9. The van der Waals surface area contributed by atoms with Crippen molar-refractivity contribution in [3.05, 3.63) is 12.2 Å². The highest BCUT2D eigenvalue weighted by Crippen LogP contribution is 2.18. The number of amides is 1. The third-order valence-electron chi connectivity index (χ3n) is 4.09. The molecule has 1 heterocycles. The van der Waals surface area contributed by atoms with Gasteiger partial charge in [-0.05, 0) is 51.5 Å². The van der Waals surface area contributed by atoms with Crippen LogP contribution in [0.25, 0.3) is 0 Å². The number of carbonyl (C=O) groups is 1. The molecule has 4 heteroatoms. The fraction of sp³-hybridized carbons (Fsp3) is 0.800. The molecule has 0 aromatic rings. The van der Waals surface area contributed by atoms with Gasteiger partial charge in [0.05, 0.1) is 6.61 Å². The van der Waals surface area contributed by atoms with Gasteiger partial charge < -0.3 is 15.0 Å². The van der Waals surface area contributed by atoms with Gasteiger partial charge in [0.1, 0.15) is 0 Å². The van der Waals surface area contributed by atoms with Crippen molar-refractivity contribution in [1.29, 1.82) is 0 Å². The van der Waals surface area contributed by atoms with Crippen molar-refractivity contribution in [2.24, 2.45) is 5.92 Å². The molecule has 4 nitrogen and oxygen atoms in total. The lowest BCUT2D eigenvalue weighted by atomic mass is 9.93. The zero-order valence-corrected chi connectivity index (χ0v) is 11.9. The minimum Gasteiger partial charge on any atom is -0.450 e. The van der Waals surface area contributed by atoms with Crippen LogP contribution in [0, 0.1) is 5.92 Å². The second-order valence-corrected chi connectivity index (χ2v) is 5.52. The van der Waals surface area contributed by atoms with Crippen LogP contribution in [-0.2, 0) is 4.74 Å². The molecule has 2 rings (SSSR count). The third-order valence-corrected chi connectivity index (χ3v) is 4.09. The molecular weight excluding hydrogens is 240 g/mol. The van der Waals surface area contributed by atoms with Crippen LogP contribution >= 0.6 is 0 Å². The van der Waals surface area contributed by atoms with Crippen LogP contribution in [0.5, 0.6) is 0 Å². The van der Waals surface area contributed by atoms with E-state index in [0.29, 0.717) is 12.6 Å². The zero-order chi connectivity index (χ0) is 13.5. The molecule has 0 aromatic heterocycles. The average Bonchev–Trinajstić information content (AvgIpc) is 2.47. The van der Waals surface area contributed by atoms with Crippen LogP contribution in [0.3, 0.4) is 0 Å². The fourth-order valence-electron chi connectivity index (χ4n) is 2.86. The van der Waals surface area contributed by atoms with Gasteiger partial charge in [-0.15, -0.1) is 0 Å². The van der Waals surface area contributed by atoms with Crippen molar-refractivity contribution in [2.45, 2.75) is 45.1 Å². The topological polar surface area (TPSA) is 41.6 Å². The average molecular weight is 266 g/mol. The Bertz CT molecular complexity index is 309. The van der Waals surface area contributed by atoms with Gasteiger partial charge in [0.2, 0.25) is 0 Å². The van der Waals surface area contributed by atoms with Crippen LogP contribution in [0.2, 0.25) is 0 Å². The summed E-state index contributed by atoms with van der Waals surface area (Å²) in [5.74, 6) is 0.799. The summed E-state index contributed by atoms with van der Waals surface area (Å²) in [6, 6.07) is 0.566. The summed E-state index contributed by atoms with van der Waals surface area (Å²) >= 11 is 0. The molecule has 1 aliphatic heterocycles. The van der Waals surface area contributed by atoms with Gasteiger partial charge in [0.15, 0.2) is 0 Å². The maximum absolute atomic E-state index is 11.6. The Kier molecular flexibility index (Phi) is 5.70. The first-order chi connectivity index (χ1) is 9.29. The Morgan fingerprint density at radius 3 is 2.74 bits per heavy atom. The molecule has 0 saturated carbocycles. The van der Waals surface area contributed by atoms with Crippen LogP contribution in [0.15, 0.2) is 12.2 Å². The van der Waals surface area contributed by atoms with Crippen molar-refractivity contribution >= 4 is 6.09 Å². The number of hydrogen-bond donors (Lipinski definition) is 1. The maximum Gasteiger partial charge on any atom is 0.409 e. The Balaban J connectivity index is 1.63. The smallest absolute Gasteiger partial charge is 0.409 e. The van der Waals surface area contributed by atoms with Crippen LogP contribution in [0.1, 0.15) is 39.0 Å². The molecule has 1 unspecified atom stereocenters. The maximum atomic E-state index is 11.6. The van der Waals surface area contributed by atoms with E-state index in [2.05, 4.69) is 17.5 Å². The molecule has 1 aliphatic carbocycles. The summed E-state index contributed by atoms with van der Waals surface area (Å²) in [7, 11) is 0. The fourth-order valence-corrected chi connectivity index (χ4v) is 2.86. The molecule has 19 heavy (non-hydrogen) atoms. The highest BCUT2D eigenvalue weighted by Gasteiger charge is 2.23. The van der Waals surface area contributed by atoms with Crippen molar-refractivity contribution in [2.75, 3.05) is 26.2 Å². The first kappa shape index (κ1) is 14.4. The van der Waals surface area contributed by atoms with Crippen LogP contribution in [-0.4, -0.2) is 43.3 Å². The Morgan fingerprint density at radius 1 is 1.32 bits per heavy atom. The minimum atomic E-state index is -0.154. The first-order valence-electron chi connectivity index (χ1n) is 7.59. The van der Waals surface area contributed by atoms with Gasteiger partial charge in [0, 0.05) is 19.1 Å². The number of piperidine rings is 1. The van der Waals surface area contributed by atoms with E-state index in [1.807, 2.05) is 11.8 Å². The number of carbonyl (C=O) groups excluding carboxylic acids is 1. The van der Waals surface area contributed by atoms with E-state index < -0.39 is 0 Å². The minimum absolute atomic E-state index is 0.154. The predicted octanol–water partition coefficient (Wildman–Crippen LogP) is 2.55. The van der Waals surface area contributed by atoms with Gasteiger partial charge in [0.25, 0.3) is 0 Å². The highest BCUT2D eigenvalue weighted by molar-refractivity contribution is 5.67. The highest BCUT2D eigenvalue weighted by atomic mass is 16.6. The van der Waals surface area contributed by atoms with Gasteiger partial charge in [-0.2, -0.15) is 0 Å². The van der Waals surface area contributed by atoms with Crippen molar-refractivity contribution in [1.82, 2.24) is 10.2 Å². The molecule has 0 radical (unpaired) electrons. The summed E-state index contributed by atoms with van der Waals surface area (Å²) in [6.45, 7) is 5.08. The number of nitrogens with zero attached hydrogens (tertiary/aromatic N) is 1. The summed E-state index contributed by atoms with van der Waals surface area (Å²) in [5.41, 5.74) is 0. The number of ether oxygens (including phenoxy) is 1. The molecule has 1 amide bonds. The second kappa shape index (κ2) is 7.53. The first-order valence-corrected chi connectivity index (χ1v) is 7.59. The molecule has 2 aliphatic rings. The lowest BCUT2D eigenvalue weighted by molar-refractivity contribution is 0.0947. The van der Waals surface area contributed by atoms with Crippen LogP contribution < -0.4 is 5.32 Å². The van der Waals surface area contributed by atoms with E-state index in [1.54, 1.807) is 0 Å². The van der Waals surface area contributed by atoms with E-state index in [9.17, 15) is 4.79 Å². The molecule has 1 atom stereocenters. The van der Waals surface area contributed by atoms with Crippen LogP contribution in [0.4, 0.5) is 4.79 Å². The van der Waals surface area contributed by atoms with Gasteiger partial charge >= 0.3 is 6.09 Å². The molecule has 1 saturated heterocycles. The Morgan fingerprint density at radius 2 is 2.11 bits per heavy atom. The number of likely N-dealkylation sites (tertiary alicyclic amines) is 1. The monoisotopic (exact) mass is 266 g/mol. The van der Waals surface area contributed by atoms with E-state index in [0.717, 1.165) is 38.4 Å². The van der Waals surface area contributed by atoms with E-state index in [-0.39, 0.29) is 6.09 Å². The standard InChI is InChI=1S/C15H26N2O2/c1-2-19-15(18)17-10-8-14(9-11-17)16-12-13-6-4-3-5-7-13/h3-4,13-14,16H,2,5-12H2,1H3. The second-order valence-electron chi connectivity index (χ2n) is 5.52. The molecule has 108 valence electrons. The van der Waals surface area contributed by atoms with Gasteiger partial charge in [-0.3, -0.25) is 0 Å². The molecule has 1 fully saturated rings. The van der Waals surface area contributed by atoms with E-state index >= 15 is 0 Å². The number of allylic oxidation sites excluding steroid dienone is 2. The van der Waals surface area contributed by atoms with E-state index in [1.165, 1.54) is 19.3 Å². The largest absolute Gasteiger partial charge is 0.450 e. The quantitative estimate of drug-likeness (QED) is 0.795. The lowest BCUT2D eigenvalue weighted by Gasteiger charge is -2.32. The summed E-state index contributed by atoms with van der Waals surface area (Å²) in [4.78, 5) is 13.4. The molecule has 1 N–H and O–H groups in total. The number of nitrogens with one attached hydrogen (secondary N) is 1. The van der Waals surface area contributed by atoms with Gasteiger partial charge in [-0.1, -0.05) is 12.2 Å². The van der Waals surface area contributed by atoms with Gasteiger partial charge in [-0.25, -0.2) is 4.79 Å². The van der Waals surface area contributed by atoms with Crippen molar-refractivity contribution in [3.8, 4) is 0 Å². The summed E-state index contributed by atoms with van der Waals surface area (Å²) in [5, 5.41) is 3.67. The lowest BCUT2D eigenvalue weighted by Crippen LogP contribution is -2.46. The normalized spacial score (nSPS) is 24.5. The summed E-state index contributed by atoms with van der Waals surface area (Å²) in [6.07, 6.45) is 10.3. The van der Waals surface area contributed by atoms with Crippen molar-refractivity contribution in [3.63, 3.8) is 0 Å². The Hall–Kier alpha value is -1.03. The van der Waals surface area contributed by atoms with Crippen molar-refractivity contribution < 1.29 is 9.53 Å². The Labute approximate surface area is 116 Å². The molecular formula is C15H26N2O2. The summed E-state index contributed by atoms with van der Waals surface area (Å²) < 4.78 is 5.03. The molecule has 0 spiro atoms. The predicted molar refractivity (Wildman–Crippen MR) is 76.1 cm³/mol. The number of hydrogen-bond acceptors (Lipinski definition) is 3. The SMILES string of the molecule is CCOC(=O)N1CCC(NCC2CC=CCC2)CC1. The third kappa shape index (κ3) is 4.53. The molecule has 0 bridgehead atoms. The molecule has 0 aromatic carbocycles. The number of rotatable bonds is 4.